The number of fused-ring (bicyclic) bond motifs is 1. The van der Waals surface area contributed by atoms with Gasteiger partial charge in [0, 0.05) is 31.7 Å². The summed E-state index contributed by atoms with van der Waals surface area (Å²) in [5, 5.41) is 10.5. The third-order valence-corrected chi connectivity index (χ3v) is 3.21. The topological polar surface area (TPSA) is 88.9 Å². The van der Waals surface area contributed by atoms with Gasteiger partial charge in [-0.3, -0.25) is 9.59 Å². The molecule has 0 aliphatic heterocycles. The Kier molecular flexibility index (Phi) is 4.75. The van der Waals surface area contributed by atoms with Crippen molar-refractivity contribution in [2.24, 2.45) is 0 Å². The van der Waals surface area contributed by atoms with Crippen molar-refractivity contribution < 1.29 is 9.59 Å². The van der Waals surface area contributed by atoms with E-state index in [1.807, 2.05) is 20.8 Å². The maximum atomic E-state index is 12.3. The predicted molar refractivity (Wildman–Crippen MR) is 83.7 cm³/mol. The lowest BCUT2D eigenvalue weighted by Crippen LogP contribution is -2.33. The first kappa shape index (κ1) is 15.9. The van der Waals surface area contributed by atoms with Crippen LogP contribution in [0.25, 0.3) is 11.0 Å². The van der Waals surface area contributed by atoms with Gasteiger partial charge < -0.3 is 10.6 Å². The molecule has 0 atom stereocenters. The Morgan fingerprint density at radius 2 is 1.95 bits per heavy atom. The van der Waals surface area contributed by atoms with Gasteiger partial charge in [-0.15, -0.1) is 0 Å². The summed E-state index contributed by atoms with van der Waals surface area (Å²) in [4.78, 5) is 27.6. The molecule has 0 aromatic carbocycles. The average molecular weight is 303 g/mol. The molecule has 2 aromatic heterocycles. The van der Waals surface area contributed by atoms with Crippen molar-refractivity contribution in [3.05, 3.63) is 23.5 Å². The van der Waals surface area contributed by atoms with Crippen LogP contribution in [0.4, 0.5) is 0 Å². The van der Waals surface area contributed by atoms with Crippen LogP contribution in [0.5, 0.6) is 0 Å². The smallest absolute Gasteiger partial charge is 0.252 e. The highest BCUT2D eigenvalue weighted by atomic mass is 16.2. The molecule has 0 saturated carbocycles. The van der Waals surface area contributed by atoms with Crippen molar-refractivity contribution in [3.63, 3.8) is 0 Å². The number of aryl methyl sites for hydroxylation is 1. The molecule has 0 aliphatic carbocycles. The number of nitrogens with zero attached hydrogens (tertiary/aromatic N) is 3. The monoisotopic (exact) mass is 303 g/mol. The summed E-state index contributed by atoms with van der Waals surface area (Å²) in [5.41, 5.74) is 2.03. The van der Waals surface area contributed by atoms with E-state index in [2.05, 4.69) is 20.7 Å². The molecule has 0 radical (unpaired) electrons. The van der Waals surface area contributed by atoms with Crippen LogP contribution in [0.15, 0.2) is 12.3 Å². The highest BCUT2D eigenvalue weighted by molar-refractivity contribution is 6.05. The minimum Gasteiger partial charge on any atom is -0.355 e. The lowest BCUT2D eigenvalue weighted by molar-refractivity contribution is -0.118. The molecular weight excluding hydrogens is 282 g/mol. The van der Waals surface area contributed by atoms with Crippen LogP contribution in [0.3, 0.4) is 0 Å². The predicted octanol–water partition coefficient (Wildman–Crippen LogP) is 1.19. The Morgan fingerprint density at radius 3 is 2.59 bits per heavy atom. The van der Waals surface area contributed by atoms with E-state index in [1.54, 1.807) is 16.9 Å². The molecule has 2 amide bonds. The van der Waals surface area contributed by atoms with E-state index in [1.165, 1.54) is 6.92 Å². The molecule has 2 heterocycles. The van der Waals surface area contributed by atoms with Gasteiger partial charge >= 0.3 is 0 Å². The van der Waals surface area contributed by atoms with Crippen molar-refractivity contribution in [1.29, 1.82) is 0 Å². The molecule has 0 fully saturated rings. The Morgan fingerprint density at radius 1 is 1.27 bits per heavy atom. The van der Waals surface area contributed by atoms with Gasteiger partial charge in [-0.2, -0.15) is 5.10 Å². The average Bonchev–Trinajstić information content (AvgIpc) is 2.85. The Balaban J connectivity index is 2.23. The standard InChI is InChI=1S/C15H21N5O2/c1-9(2)20-14-13(8-18-20)12(7-10(3)19-14)15(22)17-6-5-16-11(4)21/h7-9H,5-6H2,1-4H3,(H,16,21)(H,17,22). The minimum atomic E-state index is -0.191. The molecule has 2 N–H and O–H groups in total. The zero-order valence-electron chi connectivity index (χ0n) is 13.3. The quantitative estimate of drug-likeness (QED) is 0.812. The molecule has 118 valence electrons. The molecule has 7 nitrogen and oxygen atoms in total. The van der Waals surface area contributed by atoms with Crippen molar-refractivity contribution in [2.45, 2.75) is 33.7 Å². The Labute approximate surface area is 129 Å². The molecule has 7 heteroatoms. The van der Waals surface area contributed by atoms with Crippen molar-refractivity contribution in [2.75, 3.05) is 13.1 Å². The maximum absolute atomic E-state index is 12.3. The van der Waals surface area contributed by atoms with Crippen molar-refractivity contribution >= 4 is 22.8 Å². The van der Waals surface area contributed by atoms with Crippen LogP contribution >= 0.6 is 0 Å². The van der Waals surface area contributed by atoms with Crippen LogP contribution in [-0.2, 0) is 4.79 Å². The van der Waals surface area contributed by atoms with Crippen molar-refractivity contribution in [1.82, 2.24) is 25.4 Å². The minimum absolute atomic E-state index is 0.116. The van der Waals surface area contributed by atoms with E-state index in [0.29, 0.717) is 24.3 Å². The normalized spacial score (nSPS) is 11.0. The lowest BCUT2D eigenvalue weighted by atomic mass is 10.1. The van der Waals surface area contributed by atoms with Gasteiger partial charge in [-0.25, -0.2) is 9.67 Å². The molecular formula is C15H21N5O2. The number of pyridine rings is 1. The highest BCUT2D eigenvalue weighted by Crippen LogP contribution is 2.20. The Hall–Kier alpha value is -2.44. The second-order valence-corrected chi connectivity index (χ2v) is 5.47. The molecule has 0 saturated heterocycles. The zero-order valence-corrected chi connectivity index (χ0v) is 13.3. The van der Waals surface area contributed by atoms with Gasteiger partial charge in [0.15, 0.2) is 5.65 Å². The largest absolute Gasteiger partial charge is 0.355 e. The first-order chi connectivity index (χ1) is 10.4. The van der Waals surface area contributed by atoms with E-state index in [4.69, 9.17) is 0 Å². The molecule has 2 aromatic rings. The molecule has 22 heavy (non-hydrogen) atoms. The van der Waals surface area contributed by atoms with Crippen LogP contribution < -0.4 is 10.6 Å². The van der Waals surface area contributed by atoms with E-state index < -0.39 is 0 Å². The fourth-order valence-electron chi connectivity index (χ4n) is 2.22. The molecule has 2 rings (SSSR count). The molecule has 0 bridgehead atoms. The lowest BCUT2D eigenvalue weighted by Gasteiger charge is -2.09. The molecule has 0 unspecified atom stereocenters. The van der Waals surface area contributed by atoms with Gasteiger partial charge in [-0.1, -0.05) is 0 Å². The number of hydrogen-bond acceptors (Lipinski definition) is 4. The number of carbonyl (C=O) groups is 2. The van der Waals surface area contributed by atoms with E-state index in [-0.39, 0.29) is 17.9 Å². The first-order valence-corrected chi connectivity index (χ1v) is 7.27. The van der Waals surface area contributed by atoms with Gasteiger partial charge in [0.2, 0.25) is 5.91 Å². The number of hydrogen-bond donors (Lipinski definition) is 2. The van der Waals surface area contributed by atoms with Crippen LogP contribution in [0.2, 0.25) is 0 Å². The Bertz CT molecular complexity index is 705. The van der Waals surface area contributed by atoms with Gasteiger partial charge in [0.25, 0.3) is 5.91 Å². The van der Waals surface area contributed by atoms with Crippen LogP contribution in [0.1, 0.15) is 42.9 Å². The molecule has 0 spiro atoms. The third kappa shape index (κ3) is 3.41. The third-order valence-electron chi connectivity index (χ3n) is 3.21. The summed E-state index contributed by atoms with van der Waals surface area (Å²) in [6.45, 7) is 8.11. The number of nitrogens with one attached hydrogen (secondary N) is 2. The van der Waals surface area contributed by atoms with Gasteiger partial charge in [0.1, 0.15) is 0 Å². The zero-order chi connectivity index (χ0) is 16.3. The first-order valence-electron chi connectivity index (χ1n) is 7.27. The fourth-order valence-corrected chi connectivity index (χ4v) is 2.22. The van der Waals surface area contributed by atoms with E-state index >= 15 is 0 Å². The summed E-state index contributed by atoms with van der Waals surface area (Å²) < 4.78 is 1.80. The van der Waals surface area contributed by atoms with Crippen LogP contribution in [0, 0.1) is 6.92 Å². The number of amides is 2. The highest BCUT2D eigenvalue weighted by Gasteiger charge is 2.16. The fraction of sp³-hybridized carbons (Fsp3) is 0.467. The van der Waals surface area contributed by atoms with E-state index in [0.717, 1.165) is 11.1 Å². The number of aromatic nitrogens is 3. The SMILES string of the molecule is CC(=O)NCCNC(=O)c1cc(C)nc2c1cnn2C(C)C. The maximum Gasteiger partial charge on any atom is 0.252 e. The van der Waals surface area contributed by atoms with E-state index in [9.17, 15) is 9.59 Å². The van der Waals surface area contributed by atoms with Crippen molar-refractivity contribution in [3.8, 4) is 0 Å². The second kappa shape index (κ2) is 6.55. The summed E-state index contributed by atoms with van der Waals surface area (Å²) in [6, 6.07) is 1.92. The summed E-state index contributed by atoms with van der Waals surface area (Å²) in [5.74, 6) is -0.307. The second-order valence-electron chi connectivity index (χ2n) is 5.47. The summed E-state index contributed by atoms with van der Waals surface area (Å²) >= 11 is 0. The number of rotatable bonds is 5. The van der Waals surface area contributed by atoms with Gasteiger partial charge in [-0.05, 0) is 26.8 Å². The van der Waals surface area contributed by atoms with Crippen LogP contribution in [-0.4, -0.2) is 39.7 Å². The molecule has 0 aliphatic rings. The number of carbonyl (C=O) groups excluding carboxylic acids is 2. The summed E-state index contributed by atoms with van der Waals surface area (Å²) in [7, 11) is 0. The summed E-state index contributed by atoms with van der Waals surface area (Å²) in [6.07, 6.45) is 1.67. The van der Waals surface area contributed by atoms with Gasteiger partial charge in [0.05, 0.1) is 17.1 Å².